The third kappa shape index (κ3) is 2.78. The summed E-state index contributed by atoms with van der Waals surface area (Å²) in [4.78, 5) is 29.5. The fourth-order valence-corrected chi connectivity index (χ4v) is 4.47. The summed E-state index contributed by atoms with van der Waals surface area (Å²) in [5.74, 6) is -0.379. The molecule has 0 aromatic heterocycles. The van der Waals surface area contributed by atoms with E-state index < -0.39 is 0 Å². The van der Waals surface area contributed by atoms with Crippen LogP contribution in [0.1, 0.15) is 46.0 Å². The Hall–Kier alpha value is -2.10. The minimum Gasteiger partial charge on any atom is -0.372 e. The Kier molecular flexibility index (Phi) is 4.14. The van der Waals surface area contributed by atoms with Crippen LogP contribution >= 0.6 is 0 Å². The van der Waals surface area contributed by atoms with Gasteiger partial charge in [0.05, 0.1) is 17.5 Å². The van der Waals surface area contributed by atoms with E-state index in [1.807, 2.05) is 12.1 Å². The van der Waals surface area contributed by atoms with Crippen LogP contribution in [0.25, 0.3) is 0 Å². The van der Waals surface area contributed by atoms with Gasteiger partial charge in [0.25, 0.3) is 0 Å². The smallest absolute Gasteiger partial charge is 0.238 e. The van der Waals surface area contributed by atoms with Crippen molar-refractivity contribution in [1.29, 1.82) is 0 Å². The van der Waals surface area contributed by atoms with Crippen LogP contribution in [-0.4, -0.2) is 24.9 Å². The standard InChI is InChI=1S/C21H26N2O2/c1-14-12-18-19(13-15(14)2)21(25)23(20(18)24)17-8-6-16(7-9-17)22-10-4-3-5-11-22/h6-9,18-19H,3-5,10-13H2,1-2H3/t18-,19-/m1/s1. The summed E-state index contributed by atoms with van der Waals surface area (Å²) >= 11 is 0. The lowest BCUT2D eigenvalue weighted by Crippen LogP contribution is -2.31. The zero-order valence-corrected chi connectivity index (χ0v) is 15.1. The first-order valence-electron chi connectivity index (χ1n) is 9.44. The number of hydrogen-bond donors (Lipinski definition) is 0. The number of fused-ring (bicyclic) bond motifs is 1. The van der Waals surface area contributed by atoms with Gasteiger partial charge in [-0.15, -0.1) is 0 Å². The molecule has 2 heterocycles. The van der Waals surface area contributed by atoms with Gasteiger partial charge in [-0.3, -0.25) is 14.5 Å². The molecule has 0 spiro atoms. The van der Waals surface area contributed by atoms with Crippen molar-refractivity contribution in [2.24, 2.45) is 11.8 Å². The van der Waals surface area contributed by atoms with Crippen molar-refractivity contribution in [1.82, 2.24) is 0 Å². The summed E-state index contributed by atoms with van der Waals surface area (Å²) in [6, 6.07) is 7.98. The van der Waals surface area contributed by atoms with Crippen LogP contribution in [0.4, 0.5) is 11.4 Å². The molecule has 25 heavy (non-hydrogen) atoms. The lowest BCUT2D eigenvalue weighted by atomic mass is 9.78. The summed E-state index contributed by atoms with van der Waals surface area (Å²) in [6.07, 6.45) is 5.23. The summed E-state index contributed by atoms with van der Waals surface area (Å²) in [6.45, 7) is 6.35. The highest BCUT2D eigenvalue weighted by atomic mass is 16.2. The number of anilines is 2. The van der Waals surface area contributed by atoms with Gasteiger partial charge in [-0.05, 0) is 70.2 Å². The third-order valence-corrected chi connectivity index (χ3v) is 6.17. The molecule has 0 radical (unpaired) electrons. The van der Waals surface area contributed by atoms with Crippen LogP contribution in [0.3, 0.4) is 0 Å². The minimum atomic E-state index is -0.169. The molecule has 0 saturated carbocycles. The highest BCUT2D eigenvalue weighted by Gasteiger charge is 2.49. The van der Waals surface area contributed by atoms with Gasteiger partial charge in [0.2, 0.25) is 11.8 Å². The number of rotatable bonds is 2. The van der Waals surface area contributed by atoms with E-state index in [1.54, 1.807) is 0 Å². The van der Waals surface area contributed by atoms with E-state index >= 15 is 0 Å². The minimum absolute atomic E-state index is 0.0208. The lowest BCUT2D eigenvalue weighted by Gasteiger charge is -2.29. The van der Waals surface area contributed by atoms with Gasteiger partial charge < -0.3 is 4.90 Å². The molecule has 3 aliphatic rings. The van der Waals surface area contributed by atoms with Crippen LogP contribution < -0.4 is 9.80 Å². The molecule has 132 valence electrons. The highest BCUT2D eigenvalue weighted by molar-refractivity contribution is 6.22. The first-order chi connectivity index (χ1) is 12.1. The molecule has 0 N–H and O–H groups in total. The Labute approximate surface area is 149 Å². The van der Waals surface area contributed by atoms with Gasteiger partial charge in [-0.25, -0.2) is 0 Å². The van der Waals surface area contributed by atoms with Gasteiger partial charge in [-0.2, -0.15) is 0 Å². The number of hydrogen-bond acceptors (Lipinski definition) is 3. The Morgan fingerprint density at radius 3 is 1.76 bits per heavy atom. The predicted molar refractivity (Wildman–Crippen MR) is 99.6 cm³/mol. The molecule has 0 bridgehead atoms. The van der Waals surface area contributed by atoms with Crippen molar-refractivity contribution in [2.75, 3.05) is 22.9 Å². The van der Waals surface area contributed by atoms with Crippen LogP contribution in [0.2, 0.25) is 0 Å². The molecular weight excluding hydrogens is 312 g/mol. The Balaban J connectivity index is 1.56. The molecule has 2 atom stereocenters. The third-order valence-electron chi connectivity index (χ3n) is 6.17. The Morgan fingerprint density at radius 2 is 1.24 bits per heavy atom. The molecule has 1 aromatic carbocycles. The Bertz CT molecular complexity index is 697. The van der Waals surface area contributed by atoms with E-state index in [0.29, 0.717) is 0 Å². The fraction of sp³-hybridized carbons (Fsp3) is 0.524. The number of carbonyl (C=O) groups excluding carboxylic acids is 2. The molecule has 4 rings (SSSR count). The zero-order valence-electron chi connectivity index (χ0n) is 15.1. The van der Waals surface area contributed by atoms with Crippen molar-refractivity contribution in [3.63, 3.8) is 0 Å². The van der Waals surface area contributed by atoms with Gasteiger partial charge in [0.15, 0.2) is 0 Å². The van der Waals surface area contributed by atoms with Crippen molar-refractivity contribution in [2.45, 2.75) is 46.0 Å². The fourth-order valence-electron chi connectivity index (χ4n) is 4.47. The lowest BCUT2D eigenvalue weighted by molar-refractivity contribution is -0.122. The van der Waals surface area contributed by atoms with E-state index in [2.05, 4.69) is 30.9 Å². The van der Waals surface area contributed by atoms with Crippen molar-refractivity contribution in [3.05, 3.63) is 35.4 Å². The van der Waals surface area contributed by atoms with Crippen LogP contribution in [0.15, 0.2) is 35.4 Å². The van der Waals surface area contributed by atoms with E-state index in [0.717, 1.165) is 31.6 Å². The normalized spacial score (nSPS) is 27.1. The maximum atomic E-state index is 12.9. The summed E-state index contributed by atoms with van der Waals surface area (Å²) in [5, 5.41) is 0. The molecule has 4 nitrogen and oxygen atoms in total. The molecule has 4 heteroatoms. The molecule has 2 amide bonds. The van der Waals surface area contributed by atoms with Crippen LogP contribution in [-0.2, 0) is 9.59 Å². The topological polar surface area (TPSA) is 40.6 Å². The largest absolute Gasteiger partial charge is 0.372 e. The summed E-state index contributed by atoms with van der Waals surface area (Å²) in [5.41, 5.74) is 4.45. The SMILES string of the molecule is CC1=C(C)C[C@H]2C(=O)N(c3ccc(N4CCCCC4)cc3)C(=O)[C@@H]2C1. The van der Waals surface area contributed by atoms with E-state index in [-0.39, 0.29) is 23.7 Å². The molecular formula is C21H26N2O2. The second kappa shape index (κ2) is 6.32. The number of amides is 2. The van der Waals surface area contributed by atoms with E-state index in [1.165, 1.54) is 41.0 Å². The number of carbonyl (C=O) groups is 2. The summed E-state index contributed by atoms with van der Waals surface area (Å²) < 4.78 is 0. The molecule has 1 aromatic rings. The maximum Gasteiger partial charge on any atom is 0.238 e. The number of nitrogens with zero attached hydrogens (tertiary/aromatic N) is 2. The first kappa shape index (κ1) is 16.4. The number of imide groups is 1. The van der Waals surface area contributed by atoms with Crippen LogP contribution in [0, 0.1) is 11.8 Å². The predicted octanol–water partition coefficient (Wildman–Crippen LogP) is 3.91. The van der Waals surface area contributed by atoms with Gasteiger partial charge >= 0.3 is 0 Å². The zero-order chi connectivity index (χ0) is 17.6. The van der Waals surface area contributed by atoms with Crippen molar-refractivity contribution in [3.8, 4) is 0 Å². The highest BCUT2D eigenvalue weighted by Crippen LogP contribution is 2.42. The number of allylic oxidation sites excluding steroid dienone is 2. The van der Waals surface area contributed by atoms with E-state index in [9.17, 15) is 9.59 Å². The quantitative estimate of drug-likeness (QED) is 0.606. The summed E-state index contributed by atoms with van der Waals surface area (Å²) in [7, 11) is 0. The second-order valence-electron chi connectivity index (χ2n) is 7.76. The molecule has 2 saturated heterocycles. The van der Waals surface area contributed by atoms with Gasteiger partial charge in [0, 0.05) is 18.8 Å². The van der Waals surface area contributed by atoms with Crippen LogP contribution in [0.5, 0.6) is 0 Å². The average Bonchev–Trinajstić information content (AvgIpc) is 2.87. The van der Waals surface area contributed by atoms with Crippen molar-refractivity contribution < 1.29 is 9.59 Å². The molecule has 0 unspecified atom stereocenters. The first-order valence-corrected chi connectivity index (χ1v) is 9.44. The number of piperidine rings is 1. The second-order valence-corrected chi connectivity index (χ2v) is 7.76. The molecule has 2 fully saturated rings. The van der Waals surface area contributed by atoms with Gasteiger partial charge in [0.1, 0.15) is 0 Å². The van der Waals surface area contributed by atoms with Crippen molar-refractivity contribution >= 4 is 23.2 Å². The van der Waals surface area contributed by atoms with E-state index in [4.69, 9.17) is 0 Å². The Morgan fingerprint density at radius 1 is 0.760 bits per heavy atom. The molecule has 1 aliphatic carbocycles. The monoisotopic (exact) mass is 338 g/mol. The van der Waals surface area contributed by atoms with Gasteiger partial charge in [-0.1, -0.05) is 11.1 Å². The maximum absolute atomic E-state index is 12.9. The average molecular weight is 338 g/mol. The molecule has 2 aliphatic heterocycles. The number of benzene rings is 1.